The lowest BCUT2D eigenvalue weighted by atomic mass is 9.77. The Hall–Kier alpha value is -5.92. The normalized spacial score (nSPS) is 19.0. The van der Waals surface area contributed by atoms with Gasteiger partial charge in [0, 0.05) is 37.9 Å². The van der Waals surface area contributed by atoms with Gasteiger partial charge in [-0.25, -0.2) is 22.0 Å². The van der Waals surface area contributed by atoms with Crippen LogP contribution in [0.3, 0.4) is 0 Å². The first-order chi connectivity index (χ1) is 28.0. The molecule has 0 N–H and O–H groups in total. The molecular formula is C45H46N4O8S. The van der Waals surface area contributed by atoms with Crippen LogP contribution in [0.25, 0.3) is 10.9 Å². The van der Waals surface area contributed by atoms with Gasteiger partial charge in [0.15, 0.2) is 0 Å². The minimum absolute atomic E-state index is 0.0101. The van der Waals surface area contributed by atoms with Crippen molar-refractivity contribution in [3.8, 4) is 5.88 Å². The third kappa shape index (κ3) is 6.92. The van der Waals surface area contributed by atoms with E-state index in [1.807, 2.05) is 86.6 Å². The van der Waals surface area contributed by atoms with E-state index in [2.05, 4.69) is 0 Å². The number of rotatable bonds is 10. The second kappa shape index (κ2) is 15.8. The van der Waals surface area contributed by atoms with E-state index in [0.29, 0.717) is 24.1 Å². The Morgan fingerprint density at radius 3 is 2.14 bits per heavy atom. The molecule has 6 aromatic rings. The van der Waals surface area contributed by atoms with Crippen molar-refractivity contribution >= 4 is 27.0 Å². The number of benzene rings is 4. The maximum atomic E-state index is 15.0. The van der Waals surface area contributed by atoms with E-state index in [1.54, 1.807) is 48.3 Å². The summed E-state index contributed by atoms with van der Waals surface area (Å²) in [5, 5.41) is 0.761. The summed E-state index contributed by atoms with van der Waals surface area (Å²) < 4.78 is 52.7. The molecule has 0 fully saturated rings. The molecule has 12 nitrogen and oxygen atoms in total. The predicted molar refractivity (Wildman–Crippen MR) is 219 cm³/mol. The predicted octanol–water partition coefficient (Wildman–Crippen LogP) is 6.96. The van der Waals surface area contributed by atoms with Crippen LogP contribution in [0.1, 0.15) is 65.2 Å². The fourth-order valence-corrected chi connectivity index (χ4v) is 10.2. The van der Waals surface area contributed by atoms with Crippen LogP contribution in [0.2, 0.25) is 0 Å². The first-order valence-corrected chi connectivity index (χ1v) is 21.0. The molecule has 13 heteroatoms. The van der Waals surface area contributed by atoms with Crippen molar-refractivity contribution in [1.29, 1.82) is 0 Å². The molecule has 0 saturated heterocycles. The van der Waals surface area contributed by atoms with E-state index in [4.69, 9.17) is 14.2 Å². The number of nitrogens with zero attached hydrogens (tertiary/aromatic N) is 4. The highest BCUT2D eigenvalue weighted by Crippen LogP contribution is 2.49. The van der Waals surface area contributed by atoms with Crippen LogP contribution in [0, 0.1) is 12.8 Å². The highest BCUT2D eigenvalue weighted by Gasteiger charge is 2.47. The molecule has 0 unspecified atom stereocenters. The number of aryl methyl sites for hydroxylation is 1. The summed E-state index contributed by atoms with van der Waals surface area (Å²) in [6, 6.07) is 32.2. The average molecular weight is 803 g/mol. The number of para-hydroxylation sites is 1. The third-order valence-electron chi connectivity index (χ3n) is 11.6. The van der Waals surface area contributed by atoms with Crippen LogP contribution < -0.4 is 16.0 Å². The Morgan fingerprint density at radius 1 is 0.828 bits per heavy atom. The van der Waals surface area contributed by atoms with Gasteiger partial charge < -0.3 is 14.2 Å². The molecular weight excluding hydrogens is 757 g/mol. The monoisotopic (exact) mass is 802 g/mol. The molecule has 1 amide bonds. The summed E-state index contributed by atoms with van der Waals surface area (Å²) in [4.78, 5) is 43.8. The Balaban J connectivity index is 1.32. The first-order valence-electron chi connectivity index (χ1n) is 19.5. The zero-order valence-electron chi connectivity index (χ0n) is 32.9. The smallest absolute Gasteiger partial charge is 0.410 e. The fourth-order valence-electron chi connectivity index (χ4n) is 8.60. The van der Waals surface area contributed by atoms with Crippen LogP contribution in [0.15, 0.2) is 124 Å². The van der Waals surface area contributed by atoms with Gasteiger partial charge in [0.1, 0.15) is 6.61 Å². The molecule has 0 radical (unpaired) electrons. The van der Waals surface area contributed by atoms with Crippen LogP contribution in [-0.4, -0.2) is 45.4 Å². The Bertz CT molecular complexity index is 2710. The number of fused-ring (bicyclic) bond motifs is 4. The van der Waals surface area contributed by atoms with E-state index in [0.717, 1.165) is 32.2 Å². The molecule has 0 bridgehead atoms. The minimum atomic E-state index is -4.24. The molecule has 8 rings (SSSR count). The van der Waals surface area contributed by atoms with Gasteiger partial charge in [-0.1, -0.05) is 103 Å². The number of hydrogen-bond donors (Lipinski definition) is 0. The second-order valence-electron chi connectivity index (χ2n) is 15.1. The zero-order valence-corrected chi connectivity index (χ0v) is 33.7. The van der Waals surface area contributed by atoms with Gasteiger partial charge in [-0.05, 0) is 61.1 Å². The van der Waals surface area contributed by atoms with Crippen LogP contribution in [0.4, 0.5) is 4.79 Å². The molecule has 0 aliphatic carbocycles. The van der Waals surface area contributed by atoms with Gasteiger partial charge in [0.2, 0.25) is 12.2 Å². The summed E-state index contributed by atoms with van der Waals surface area (Å²) in [5.41, 5.74) is 3.52. The fraction of sp³-hybridized carbons (Fsp3) is 0.311. The Labute approximate surface area is 336 Å². The molecule has 4 heterocycles. The number of amides is 1. The maximum absolute atomic E-state index is 15.0. The number of carbonyl (C=O) groups excluding carboxylic acids is 1. The molecule has 300 valence electrons. The lowest BCUT2D eigenvalue weighted by molar-refractivity contribution is -0.146. The van der Waals surface area contributed by atoms with Crippen molar-refractivity contribution in [1.82, 2.24) is 18.0 Å². The summed E-state index contributed by atoms with van der Waals surface area (Å²) in [6.45, 7) is 4.32. The lowest BCUT2D eigenvalue weighted by Crippen LogP contribution is -2.49. The minimum Gasteiger partial charge on any atom is -0.449 e. The first kappa shape index (κ1) is 38.9. The van der Waals surface area contributed by atoms with Gasteiger partial charge in [-0.2, -0.15) is 0 Å². The third-order valence-corrected chi connectivity index (χ3v) is 13.3. The molecule has 0 spiro atoms. The average Bonchev–Trinajstić information content (AvgIpc) is 3.60. The molecule has 0 saturated carbocycles. The quantitative estimate of drug-likeness (QED) is 0.145. The van der Waals surface area contributed by atoms with Crippen molar-refractivity contribution in [3.63, 3.8) is 0 Å². The van der Waals surface area contributed by atoms with E-state index >= 15 is 0 Å². The summed E-state index contributed by atoms with van der Waals surface area (Å²) in [5.74, 6) is -1.02. The molecule has 2 aliphatic rings. The summed E-state index contributed by atoms with van der Waals surface area (Å²) in [7, 11) is -1.26. The Morgan fingerprint density at radius 2 is 1.47 bits per heavy atom. The van der Waals surface area contributed by atoms with E-state index in [9.17, 15) is 22.8 Å². The van der Waals surface area contributed by atoms with Crippen LogP contribution in [0.5, 0.6) is 5.88 Å². The topological polar surface area (TPSA) is 131 Å². The van der Waals surface area contributed by atoms with Gasteiger partial charge in [0.05, 0.1) is 34.3 Å². The van der Waals surface area contributed by atoms with Crippen LogP contribution >= 0.6 is 0 Å². The molecule has 4 atom stereocenters. The van der Waals surface area contributed by atoms with Gasteiger partial charge in [0.25, 0.3) is 15.6 Å². The highest BCUT2D eigenvalue weighted by atomic mass is 32.2. The largest absolute Gasteiger partial charge is 0.449 e. The van der Waals surface area contributed by atoms with E-state index in [1.165, 1.54) is 15.6 Å². The second-order valence-corrected chi connectivity index (χ2v) is 16.9. The molecule has 4 aromatic carbocycles. The lowest BCUT2D eigenvalue weighted by Gasteiger charge is -2.43. The van der Waals surface area contributed by atoms with E-state index in [-0.39, 0.29) is 42.5 Å². The van der Waals surface area contributed by atoms with Crippen molar-refractivity contribution in [3.05, 3.63) is 164 Å². The maximum Gasteiger partial charge on any atom is 0.410 e. The van der Waals surface area contributed by atoms with Crippen LogP contribution in [-0.2, 0) is 53.2 Å². The van der Waals surface area contributed by atoms with E-state index < -0.39 is 51.5 Å². The SMILES string of the molecule is CC[C@H]1[C@@H](OCc2ccccc2)Oc2c(c(=O)n(C)c(=O)n2C)[C@H]1C[C@H]1c2c(c3ccccc3n2S(=O)(=O)c2ccc(C)cc2)CCN1C(=O)OCc1ccccc1. The molecule has 58 heavy (non-hydrogen) atoms. The Kier molecular flexibility index (Phi) is 10.6. The van der Waals surface area contributed by atoms with Gasteiger partial charge in [-0.3, -0.25) is 18.8 Å². The molecule has 2 aromatic heterocycles. The van der Waals surface area contributed by atoms with Crippen molar-refractivity contribution < 1.29 is 27.4 Å². The van der Waals surface area contributed by atoms with Crippen molar-refractivity contribution in [2.24, 2.45) is 20.0 Å². The summed E-state index contributed by atoms with van der Waals surface area (Å²) >= 11 is 0. The zero-order chi connectivity index (χ0) is 40.7. The number of aromatic nitrogens is 3. The number of ether oxygens (including phenoxy) is 3. The van der Waals surface area contributed by atoms with Crippen molar-refractivity contribution in [2.45, 2.75) is 69.5 Å². The number of carbonyl (C=O) groups is 1. The summed E-state index contributed by atoms with van der Waals surface area (Å²) in [6.07, 6.45) is -0.540. The standard InChI is InChI=1S/C45H46N4O8S/c1-5-33-36(39-41(50)46(3)44(51)47(4)42(39)57-43(33)55-27-30-14-8-6-9-15-30)26-38-40-35(24-25-48(38)45(52)56-28-31-16-10-7-11-17-31)34-18-12-13-19-37(34)49(40)58(53,54)32-22-20-29(2)21-23-32/h6-23,33,36,38,43H,5,24-28H2,1-4H3/t33-,36+,38+,43+/m1/s1. The highest BCUT2D eigenvalue weighted by molar-refractivity contribution is 7.90. The van der Waals surface area contributed by atoms with Gasteiger partial charge >= 0.3 is 11.8 Å². The molecule has 2 aliphatic heterocycles. The van der Waals surface area contributed by atoms with Crippen molar-refractivity contribution in [2.75, 3.05) is 6.54 Å². The number of hydrogen-bond acceptors (Lipinski definition) is 8. The van der Waals surface area contributed by atoms with Gasteiger partial charge in [-0.15, -0.1) is 0 Å².